The van der Waals surface area contributed by atoms with Crippen LogP contribution < -0.4 is 10.1 Å². The lowest BCUT2D eigenvalue weighted by Gasteiger charge is -2.11. The number of rotatable bonds is 7. The highest BCUT2D eigenvalue weighted by Crippen LogP contribution is 2.28. The van der Waals surface area contributed by atoms with Gasteiger partial charge in [0.05, 0.1) is 16.0 Å². The van der Waals surface area contributed by atoms with Gasteiger partial charge in [0, 0.05) is 5.02 Å². The number of hydrogen-bond acceptors (Lipinski definition) is 6. The number of nitrogens with zero attached hydrogens (tertiary/aromatic N) is 2. The van der Waals surface area contributed by atoms with Crippen LogP contribution >= 0.6 is 35.0 Å². The zero-order chi connectivity index (χ0) is 20.1. The van der Waals surface area contributed by atoms with E-state index in [-0.39, 0.29) is 17.7 Å². The summed E-state index contributed by atoms with van der Waals surface area (Å²) in [5, 5.41) is 11.3. The van der Waals surface area contributed by atoms with Gasteiger partial charge in [-0.3, -0.25) is 4.79 Å². The minimum atomic E-state index is -0.485. The number of halogens is 2. The maximum atomic E-state index is 12.4. The molecule has 9 heteroatoms. The Morgan fingerprint density at radius 3 is 2.86 bits per heavy atom. The van der Waals surface area contributed by atoms with Gasteiger partial charge >= 0.3 is 0 Å². The van der Waals surface area contributed by atoms with Crippen LogP contribution in [0.15, 0.2) is 52.1 Å². The smallest absolute Gasteiger partial charge is 0.277 e. The molecule has 0 aliphatic heterocycles. The molecule has 1 amide bonds. The van der Waals surface area contributed by atoms with Crippen molar-refractivity contribution in [2.45, 2.75) is 30.9 Å². The van der Waals surface area contributed by atoms with Crippen LogP contribution in [0.1, 0.15) is 18.4 Å². The summed E-state index contributed by atoms with van der Waals surface area (Å²) in [5.41, 5.74) is 1.54. The average Bonchev–Trinajstić information content (AvgIpc) is 3.10. The molecule has 1 aromatic heterocycles. The molecule has 1 unspecified atom stereocenters. The second kappa shape index (κ2) is 9.32. The predicted molar refractivity (Wildman–Crippen MR) is 110 cm³/mol. The molecule has 0 radical (unpaired) electrons. The Kier molecular flexibility index (Phi) is 6.83. The summed E-state index contributed by atoms with van der Waals surface area (Å²) in [5.74, 6) is 0.790. The third-order valence-electron chi connectivity index (χ3n) is 3.63. The van der Waals surface area contributed by atoms with Crippen LogP contribution in [0.5, 0.6) is 5.75 Å². The van der Waals surface area contributed by atoms with Gasteiger partial charge in [-0.25, -0.2) is 0 Å². The third kappa shape index (κ3) is 5.64. The number of carbonyl (C=O) groups is 1. The molecule has 3 aromatic rings. The first-order chi connectivity index (χ1) is 13.4. The van der Waals surface area contributed by atoms with Crippen molar-refractivity contribution >= 4 is 46.6 Å². The largest absolute Gasteiger partial charge is 0.484 e. The number of thioether (sulfide) groups is 1. The van der Waals surface area contributed by atoms with Crippen molar-refractivity contribution in [2.24, 2.45) is 0 Å². The SMILES string of the molecule is Cc1cccc(OCc2nnc(SC(C)C(=O)Nc3cc(Cl)ccc3Cl)o2)c1. The van der Waals surface area contributed by atoms with Crippen molar-refractivity contribution in [3.63, 3.8) is 0 Å². The van der Waals surface area contributed by atoms with Gasteiger partial charge in [-0.05, 0) is 49.7 Å². The number of anilines is 1. The average molecular weight is 438 g/mol. The quantitative estimate of drug-likeness (QED) is 0.499. The maximum Gasteiger partial charge on any atom is 0.277 e. The van der Waals surface area contributed by atoms with Crippen molar-refractivity contribution in [2.75, 3.05) is 5.32 Å². The van der Waals surface area contributed by atoms with Crippen molar-refractivity contribution < 1.29 is 13.9 Å². The second-order valence-corrected chi connectivity index (χ2v) is 8.08. The first-order valence-corrected chi connectivity index (χ1v) is 9.98. The number of ether oxygens (including phenoxy) is 1. The Hall–Kier alpha value is -2.22. The van der Waals surface area contributed by atoms with E-state index in [2.05, 4.69) is 15.5 Å². The van der Waals surface area contributed by atoms with Gasteiger partial charge in [0.15, 0.2) is 6.61 Å². The van der Waals surface area contributed by atoms with Gasteiger partial charge < -0.3 is 14.5 Å². The van der Waals surface area contributed by atoms with Crippen LogP contribution in [0.2, 0.25) is 10.0 Å². The van der Waals surface area contributed by atoms with E-state index in [1.807, 2.05) is 31.2 Å². The lowest BCUT2D eigenvalue weighted by molar-refractivity contribution is -0.115. The molecule has 0 spiro atoms. The summed E-state index contributed by atoms with van der Waals surface area (Å²) in [6, 6.07) is 12.5. The molecular weight excluding hydrogens is 421 g/mol. The van der Waals surface area contributed by atoms with Gasteiger partial charge in [0.25, 0.3) is 11.1 Å². The number of nitrogens with one attached hydrogen (secondary N) is 1. The van der Waals surface area contributed by atoms with Crippen LogP contribution in [0.25, 0.3) is 0 Å². The summed E-state index contributed by atoms with van der Waals surface area (Å²) in [6.45, 7) is 3.86. The fraction of sp³-hybridized carbons (Fsp3) is 0.211. The molecule has 0 saturated carbocycles. The minimum Gasteiger partial charge on any atom is -0.484 e. The Balaban J connectivity index is 1.55. The Morgan fingerprint density at radius 2 is 2.07 bits per heavy atom. The normalized spacial score (nSPS) is 11.9. The number of hydrogen-bond donors (Lipinski definition) is 1. The molecule has 0 fully saturated rings. The van der Waals surface area contributed by atoms with Gasteiger partial charge in [-0.1, -0.05) is 47.1 Å². The van der Waals surface area contributed by atoms with E-state index in [4.69, 9.17) is 32.4 Å². The highest BCUT2D eigenvalue weighted by atomic mass is 35.5. The number of carbonyl (C=O) groups excluding carboxylic acids is 1. The zero-order valence-electron chi connectivity index (χ0n) is 15.1. The first kappa shape index (κ1) is 20.5. The van der Waals surface area contributed by atoms with Crippen LogP contribution in [0.4, 0.5) is 5.69 Å². The Labute approximate surface area is 176 Å². The van der Waals surface area contributed by atoms with Crippen LogP contribution in [0, 0.1) is 6.92 Å². The monoisotopic (exact) mass is 437 g/mol. The summed E-state index contributed by atoms with van der Waals surface area (Å²) < 4.78 is 11.2. The predicted octanol–water partition coefficient (Wildman–Crippen LogP) is 5.38. The third-order valence-corrected chi connectivity index (χ3v) is 5.13. The Bertz CT molecular complexity index is 981. The molecule has 0 aliphatic rings. The molecule has 1 N–H and O–H groups in total. The number of aromatic nitrogens is 2. The highest BCUT2D eigenvalue weighted by Gasteiger charge is 2.19. The topological polar surface area (TPSA) is 77.2 Å². The minimum absolute atomic E-state index is 0.149. The summed E-state index contributed by atoms with van der Waals surface area (Å²) in [6.07, 6.45) is 0. The molecule has 6 nitrogen and oxygen atoms in total. The molecule has 2 aromatic carbocycles. The fourth-order valence-electron chi connectivity index (χ4n) is 2.23. The Morgan fingerprint density at radius 1 is 1.25 bits per heavy atom. The van der Waals surface area contributed by atoms with E-state index in [9.17, 15) is 4.79 Å². The maximum absolute atomic E-state index is 12.4. The number of benzene rings is 2. The van der Waals surface area contributed by atoms with E-state index in [1.165, 1.54) is 0 Å². The van der Waals surface area contributed by atoms with Gasteiger partial charge in [0.1, 0.15) is 5.75 Å². The van der Waals surface area contributed by atoms with E-state index in [0.29, 0.717) is 21.6 Å². The van der Waals surface area contributed by atoms with E-state index < -0.39 is 5.25 Å². The molecule has 146 valence electrons. The van der Waals surface area contributed by atoms with Gasteiger partial charge in [-0.2, -0.15) is 0 Å². The van der Waals surface area contributed by atoms with Gasteiger partial charge in [-0.15, -0.1) is 10.2 Å². The molecule has 3 rings (SSSR count). The van der Waals surface area contributed by atoms with Crippen molar-refractivity contribution in [3.8, 4) is 5.75 Å². The summed E-state index contributed by atoms with van der Waals surface area (Å²) >= 11 is 13.1. The summed E-state index contributed by atoms with van der Waals surface area (Å²) in [7, 11) is 0. The van der Waals surface area contributed by atoms with E-state index in [1.54, 1.807) is 25.1 Å². The fourth-order valence-corrected chi connectivity index (χ4v) is 3.26. The highest BCUT2D eigenvalue weighted by molar-refractivity contribution is 8.00. The van der Waals surface area contributed by atoms with E-state index >= 15 is 0 Å². The first-order valence-electron chi connectivity index (χ1n) is 8.35. The zero-order valence-corrected chi connectivity index (χ0v) is 17.4. The van der Waals surface area contributed by atoms with E-state index in [0.717, 1.165) is 23.1 Å². The van der Waals surface area contributed by atoms with Crippen LogP contribution in [0.3, 0.4) is 0 Å². The summed E-state index contributed by atoms with van der Waals surface area (Å²) in [4.78, 5) is 12.4. The second-order valence-electron chi connectivity index (χ2n) is 5.94. The molecule has 1 atom stereocenters. The molecule has 0 bridgehead atoms. The van der Waals surface area contributed by atoms with Gasteiger partial charge in [0.2, 0.25) is 5.91 Å². The van der Waals surface area contributed by atoms with Crippen LogP contribution in [-0.4, -0.2) is 21.4 Å². The molecule has 0 aliphatic carbocycles. The molecular formula is C19H17Cl2N3O3S. The van der Waals surface area contributed by atoms with Crippen molar-refractivity contribution in [1.82, 2.24) is 10.2 Å². The number of amides is 1. The lowest BCUT2D eigenvalue weighted by Crippen LogP contribution is -2.22. The number of aryl methyl sites for hydroxylation is 1. The molecule has 0 saturated heterocycles. The molecule has 28 heavy (non-hydrogen) atoms. The van der Waals surface area contributed by atoms with Crippen molar-refractivity contribution in [1.29, 1.82) is 0 Å². The molecule has 1 heterocycles. The van der Waals surface area contributed by atoms with Crippen molar-refractivity contribution in [3.05, 3.63) is 64.0 Å². The standard InChI is InChI=1S/C19H17Cl2N3O3S/c1-11-4-3-5-14(8-11)26-10-17-23-24-19(27-17)28-12(2)18(25)22-16-9-13(20)6-7-15(16)21/h3-9,12H,10H2,1-2H3,(H,22,25). The van der Waals surface area contributed by atoms with Crippen LogP contribution in [-0.2, 0) is 11.4 Å². The lowest BCUT2D eigenvalue weighted by atomic mass is 10.2.